The van der Waals surface area contributed by atoms with E-state index < -0.39 is 0 Å². The summed E-state index contributed by atoms with van der Waals surface area (Å²) in [5.74, 6) is 0.785. The van der Waals surface area contributed by atoms with E-state index in [4.69, 9.17) is 10.00 Å². The van der Waals surface area contributed by atoms with Crippen molar-refractivity contribution in [3.8, 4) is 11.8 Å². The summed E-state index contributed by atoms with van der Waals surface area (Å²) in [6, 6.07) is 16.0. The van der Waals surface area contributed by atoms with Gasteiger partial charge in [-0.25, -0.2) is 9.97 Å². The topological polar surface area (TPSA) is 99.9 Å². The van der Waals surface area contributed by atoms with Gasteiger partial charge in [-0.1, -0.05) is 12.1 Å². The number of hydrogen-bond donors (Lipinski definition) is 2. The van der Waals surface area contributed by atoms with Gasteiger partial charge in [0.1, 0.15) is 17.3 Å². The molecule has 7 nitrogen and oxygen atoms in total. The minimum Gasteiger partial charge on any atom is -0.495 e. The molecule has 0 aliphatic rings. The van der Waals surface area contributed by atoms with Crippen LogP contribution in [0.4, 0.5) is 17.2 Å². The standard InChI is InChI=1S/C19H15N5O2/c1-26-17-5-3-2-4-15(17)24-18-12-21-16(11-22-18)19(25)23-14-8-6-13(10-20)7-9-14/h2-9,11-12H,1H3,(H,22,24)(H,23,25). The molecule has 0 bridgehead atoms. The molecule has 0 aliphatic heterocycles. The van der Waals surface area contributed by atoms with Crippen LogP contribution in [0.25, 0.3) is 0 Å². The van der Waals surface area contributed by atoms with E-state index in [9.17, 15) is 4.79 Å². The molecule has 0 unspecified atom stereocenters. The van der Waals surface area contributed by atoms with Crippen LogP contribution in [0.1, 0.15) is 16.1 Å². The number of methoxy groups -OCH3 is 1. The molecule has 0 saturated carbocycles. The number of carbonyl (C=O) groups is 1. The monoisotopic (exact) mass is 345 g/mol. The van der Waals surface area contributed by atoms with Crippen LogP contribution in [-0.4, -0.2) is 23.0 Å². The number of hydrogen-bond acceptors (Lipinski definition) is 6. The van der Waals surface area contributed by atoms with Gasteiger partial charge in [-0.05, 0) is 36.4 Å². The number of amides is 1. The summed E-state index contributed by atoms with van der Waals surface area (Å²) in [5.41, 5.74) is 2.03. The molecule has 0 atom stereocenters. The van der Waals surface area contributed by atoms with Crippen LogP contribution < -0.4 is 15.4 Å². The lowest BCUT2D eigenvalue weighted by atomic mass is 10.2. The van der Waals surface area contributed by atoms with Crippen molar-refractivity contribution in [2.75, 3.05) is 17.7 Å². The molecule has 128 valence electrons. The number of anilines is 3. The Morgan fingerprint density at radius 1 is 1.08 bits per heavy atom. The van der Waals surface area contributed by atoms with Crippen molar-refractivity contribution in [3.05, 3.63) is 72.2 Å². The number of benzene rings is 2. The number of carbonyl (C=O) groups excluding carboxylic acids is 1. The Bertz CT molecular complexity index is 947. The van der Waals surface area contributed by atoms with Crippen molar-refractivity contribution in [2.45, 2.75) is 0 Å². The van der Waals surface area contributed by atoms with Crippen LogP contribution in [0.2, 0.25) is 0 Å². The third-order valence-corrected chi connectivity index (χ3v) is 3.53. The summed E-state index contributed by atoms with van der Waals surface area (Å²) in [6.07, 6.45) is 2.86. The van der Waals surface area contributed by atoms with Crippen molar-refractivity contribution in [1.29, 1.82) is 5.26 Å². The molecule has 0 aliphatic carbocycles. The van der Waals surface area contributed by atoms with Gasteiger partial charge in [0.05, 0.1) is 36.8 Å². The number of aromatic nitrogens is 2. The third-order valence-electron chi connectivity index (χ3n) is 3.53. The Hall–Kier alpha value is -3.92. The zero-order chi connectivity index (χ0) is 18.4. The molecule has 26 heavy (non-hydrogen) atoms. The van der Waals surface area contributed by atoms with E-state index in [1.54, 1.807) is 31.4 Å². The normalized spacial score (nSPS) is 9.85. The van der Waals surface area contributed by atoms with Crippen LogP contribution in [0.5, 0.6) is 5.75 Å². The maximum atomic E-state index is 12.2. The smallest absolute Gasteiger partial charge is 0.275 e. The number of para-hydroxylation sites is 2. The Balaban J connectivity index is 1.68. The molecular weight excluding hydrogens is 330 g/mol. The molecule has 7 heteroatoms. The van der Waals surface area contributed by atoms with E-state index in [0.717, 1.165) is 5.69 Å². The second-order valence-corrected chi connectivity index (χ2v) is 5.26. The van der Waals surface area contributed by atoms with Gasteiger partial charge < -0.3 is 15.4 Å². The number of ether oxygens (including phenoxy) is 1. The third kappa shape index (κ3) is 3.94. The maximum absolute atomic E-state index is 12.2. The lowest BCUT2D eigenvalue weighted by molar-refractivity contribution is 0.102. The van der Waals surface area contributed by atoms with Crippen molar-refractivity contribution < 1.29 is 9.53 Å². The molecule has 0 saturated heterocycles. The highest BCUT2D eigenvalue weighted by Gasteiger charge is 2.09. The molecule has 2 N–H and O–H groups in total. The van der Waals surface area contributed by atoms with E-state index in [0.29, 0.717) is 22.8 Å². The lowest BCUT2D eigenvalue weighted by Crippen LogP contribution is -2.14. The van der Waals surface area contributed by atoms with Gasteiger partial charge in [0.2, 0.25) is 0 Å². The molecule has 1 heterocycles. The molecule has 1 amide bonds. The molecule has 2 aromatic carbocycles. The van der Waals surface area contributed by atoms with E-state index in [-0.39, 0.29) is 11.6 Å². The number of rotatable bonds is 5. The molecule has 0 radical (unpaired) electrons. The fraction of sp³-hybridized carbons (Fsp3) is 0.0526. The minimum atomic E-state index is -0.383. The molecular formula is C19H15N5O2. The highest BCUT2D eigenvalue weighted by Crippen LogP contribution is 2.25. The van der Waals surface area contributed by atoms with Gasteiger partial charge in [-0.15, -0.1) is 0 Å². The predicted molar refractivity (Wildman–Crippen MR) is 97.4 cm³/mol. The summed E-state index contributed by atoms with van der Waals surface area (Å²) >= 11 is 0. The fourth-order valence-corrected chi connectivity index (χ4v) is 2.22. The van der Waals surface area contributed by atoms with Crippen LogP contribution >= 0.6 is 0 Å². The van der Waals surface area contributed by atoms with Gasteiger partial charge in [-0.2, -0.15) is 5.26 Å². The largest absolute Gasteiger partial charge is 0.495 e. The first-order valence-electron chi connectivity index (χ1n) is 7.73. The molecule has 3 aromatic rings. The summed E-state index contributed by atoms with van der Waals surface area (Å²) in [7, 11) is 1.59. The van der Waals surface area contributed by atoms with Crippen molar-refractivity contribution in [3.63, 3.8) is 0 Å². The highest BCUT2D eigenvalue weighted by molar-refractivity contribution is 6.02. The molecule has 0 fully saturated rings. The first kappa shape index (κ1) is 16.9. The number of nitrogens with zero attached hydrogens (tertiary/aromatic N) is 3. The van der Waals surface area contributed by atoms with Crippen molar-refractivity contribution >= 4 is 23.1 Å². The van der Waals surface area contributed by atoms with E-state index >= 15 is 0 Å². The predicted octanol–water partition coefficient (Wildman–Crippen LogP) is 3.35. The Morgan fingerprint density at radius 3 is 2.50 bits per heavy atom. The first-order chi connectivity index (χ1) is 12.7. The zero-order valence-electron chi connectivity index (χ0n) is 13.9. The van der Waals surface area contributed by atoms with E-state index in [2.05, 4.69) is 20.6 Å². The SMILES string of the molecule is COc1ccccc1Nc1cnc(C(=O)Nc2ccc(C#N)cc2)cn1. The summed E-state index contributed by atoms with van der Waals surface area (Å²) in [5, 5.41) is 14.6. The quantitative estimate of drug-likeness (QED) is 0.735. The summed E-state index contributed by atoms with van der Waals surface area (Å²) < 4.78 is 5.27. The van der Waals surface area contributed by atoms with E-state index in [1.165, 1.54) is 12.4 Å². The second kappa shape index (κ2) is 7.77. The Labute approximate surface area is 150 Å². The van der Waals surface area contributed by atoms with Crippen LogP contribution in [-0.2, 0) is 0 Å². The summed E-state index contributed by atoms with van der Waals surface area (Å²) in [4.78, 5) is 20.6. The van der Waals surface area contributed by atoms with Gasteiger partial charge in [0.25, 0.3) is 5.91 Å². The summed E-state index contributed by atoms with van der Waals surface area (Å²) in [6.45, 7) is 0. The van der Waals surface area contributed by atoms with Gasteiger partial charge >= 0.3 is 0 Å². The molecule has 0 spiro atoms. The van der Waals surface area contributed by atoms with Crippen molar-refractivity contribution in [2.24, 2.45) is 0 Å². The number of nitriles is 1. The van der Waals surface area contributed by atoms with E-state index in [1.807, 2.05) is 30.3 Å². The van der Waals surface area contributed by atoms with Crippen LogP contribution in [0, 0.1) is 11.3 Å². The lowest BCUT2D eigenvalue weighted by Gasteiger charge is -2.10. The fourth-order valence-electron chi connectivity index (χ4n) is 2.22. The van der Waals surface area contributed by atoms with Gasteiger partial charge in [0, 0.05) is 5.69 Å². The Morgan fingerprint density at radius 2 is 1.85 bits per heavy atom. The van der Waals surface area contributed by atoms with Gasteiger partial charge in [0.15, 0.2) is 0 Å². The minimum absolute atomic E-state index is 0.180. The van der Waals surface area contributed by atoms with Gasteiger partial charge in [-0.3, -0.25) is 4.79 Å². The zero-order valence-corrected chi connectivity index (χ0v) is 13.9. The van der Waals surface area contributed by atoms with Crippen molar-refractivity contribution in [1.82, 2.24) is 9.97 Å². The highest BCUT2D eigenvalue weighted by atomic mass is 16.5. The Kier molecular flexibility index (Phi) is 5.05. The second-order valence-electron chi connectivity index (χ2n) is 5.26. The van der Waals surface area contributed by atoms with Crippen LogP contribution in [0.3, 0.4) is 0 Å². The number of nitrogens with one attached hydrogen (secondary N) is 2. The molecule has 3 rings (SSSR count). The average molecular weight is 345 g/mol. The average Bonchev–Trinajstić information content (AvgIpc) is 2.69. The first-order valence-corrected chi connectivity index (χ1v) is 7.73. The molecule has 1 aromatic heterocycles. The van der Waals surface area contributed by atoms with Crippen LogP contribution in [0.15, 0.2) is 60.9 Å². The maximum Gasteiger partial charge on any atom is 0.275 e.